The third-order valence-corrected chi connectivity index (χ3v) is 3.74. The molecule has 6 heteroatoms. The molecule has 112 valence electrons. The lowest BCUT2D eigenvalue weighted by atomic mass is 10.1. The molecule has 2 heterocycles. The number of aryl methyl sites for hydroxylation is 1. The fourth-order valence-corrected chi connectivity index (χ4v) is 2.31. The predicted octanol–water partition coefficient (Wildman–Crippen LogP) is 3.68. The van der Waals surface area contributed by atoms with Gasteiger partial charge in [-0.15, -0.1) is 0 Å². The molecular weight excluding hydrogens is 302 g/mol. The highest BCUT2D eigenvalue weighted by atomic mass is 35.5. The van der Waals surface area contributed by atoms with Crippen LogP contribution in [-0.2, 0) is 0 Å². The quantitative estimate of drug-likeness (QED) is 0.800. The molecule has 5 nitrogen and oxygen atoms in total. The number of halogens is 1. The first kappa shape index (κ1) is 14.5. The van der Waals surface area contributed by atoms with E-state index in [4.69, 9.17) is 16.1 Å². The van der Waals surface area contributed by atoms with Crippen LogP contribution in [0.4, 0.5) is 0 Å². The average molecular weight is 316 g/mol. The van der Waals surface area contributed by atoms with Crippen molar-refractivity contribution in [3.8, 4) is 0 Å². The van der Waals surface area contributed by atoms with Gasteiger partial charge in [0.05, 0.1) is 22.7 Å². The molecule has 0 spiro atoms. The van der Waals surface area contributed by atoms with Crippen molar-refractivity contribution < 1.29 is 9.32 Å². The zero-order valence-electron chi connectivity index (χ0n) is 12.1. The van der Waals surface area contributed by atoms with Crippen LogP contribution in [0, 0.1) is 6.92 Å². The van der Waals surface area contributed by atoms with Crippen LogP contribution in [-0.4, -0.2) is 16.0 Å². The van der Waals surface area contributed by atoms with Crippen LogP contribution >= 0.6 is 11.6 Å². The van der Waals surface area contributed by atoms with Gasteiger partial charge >= 0.3 is 0 Å². The van der Waals surface area contributed by atoms with Crippen LogP contribution in [0.5, 0.6) is 0 Å². The van der Waals surface area contributed by atoms with Gasteiger partial charge in [-0.1, -0.05) is 28.9 Å². The second-order valence-corrected chi connectivity index (χ2v) is 5.53. The highest BCUT2D eigenvalue weighted by Crippen LogP contribution is 2.19. The second kappa shape index (κ2) is 5.77. The largest absolute Gasteiger partial charge is 0.345 e. The fourth-order valence-electron chi connectivity index (χ4n) is 2.18. The summed E-state index contributed by atoms with van der Waals surface area (Å²) in [6.07, 6.45) is 1.48. The van der Waals surface area contributed by atoms with Crippen LogP contribution in [0.2, 0.25) is 5.02 Å². The average Bonchev–Trinajstić information content (AvgIpc) is 2.88. The Kier molecular flexibility index (Phi) is 3.81. The molecule has 2 aromatic heterocycles. The third-order valence-electron chi connectivity index (χ3n) is 3.49. The summed E-state index contributed by atoms with van der Waals surface area (Å²) in [5, 5.41) is 8.18. The van der Waals surface area contributed by atoms with Crippen LogP contribution < -0.4 is 5.32 Å². The number of nitrogens with one attached hydrogen (secondary N) is 1. The number of rotatable bonds is 3. The standard InChI is InChI=1S/C16H14ClN3O2/c1-9(11-3-5-13(17)6-4-11)19-15(21)12-7-14-10(2)20-22-16(14)18-8-12/h3-9H,1-2H3,(H,19,21). The van der Waals surface area contributed by atoms with Gasteiger partial charge in [0.15, 0.2) is 0 Å². The molecule has 0 saturated heterocycles. The monoisotopic (exact) mass is 315 g/mol. The first-order valence-electron chi connectivity index (χ1n) is 6.83. The molecule has 1 N–H and O–H groups in total. The van der Waals surface area contributed by atoms with Gasteiger partial charge in [0.2, 0.25) is 0 Å². The van der Waals surface area contributed by atoms with Crippen molar-refractivity contribution in [3.63, 3.8) is 0 Å². The Hall–Kier alpha value is -2.40. The van der Waals surface area contributed by atoms with Gasteiger partial charge < -0.3 is 9.84 Å². The van der Waals surface area contributed by atoms with Crippen LogP contribution in [0.15, 0.2) is 41.1 Å². The van der Waals surface area contributed by atoms with E-state index in [1.807, 2.05) is 26.0 Å². The van der Waals surface area contributed by atoms with Gasteiger partial charge in [-0.25, -0.2) is 4.98 Å². The summed E-state index contributed by atoms with van der Waals surface area (Å²) < 4.78 is 5.04. The maximum Gasteiger partial charge on any atom is 0.257 e. The second-order valence-electron chi connectivity index (χ2n) is 5.09. The van der Waals surface area contributed by atoms with E-state index in [2.05, 4.69) is 15.5 Å². The molecule has 0 aliphatic carbocycles. The normalized spacial score (nSPS) is 12.3. The SMILES string of the molecule is Cc1noc2ncc(C(=O)NC(C)c3ccc(Cl)cc3)cc12. The van der Waals surface area contributed by atoms with Gasteiger partial charge in [-0.2, -0.15) is 0 Å². The van der Waals surface area contributed by atoms with Crippen LogP contribution in [0.3, 0.4) is 0 Å². The first-order valence-corrected chi connectivity index (χ1v) is 7.21. The van der Waals surface area contributed by atoms with Crippen molar-refractivity contribution in [1.29, 1.82) is 0 Å². The summed E-state index contributed by atoms with van der Waals surface area (Å²) in [5.74, 6) is -0.197. The van der Waals surface area contributed by atoms with Crippen molar-refractivity contribution in [1.82, 2.24) is 15.5 Å². The van der Waals surface area contributed by atoms with Crippen molar-refractivity contribution in [2.24, 2.45) is 0 Å². The van der Waals surface area contributed by atoms with Crippen molar-refractivity contribution in [3.05, 3.63) is 58.4 Å². The minimum atomic E-state index is -0.197. The van der Waals surface area contributed by atoms with E-state index in [0.717, 1.165) is 10.9 Å². The minimum absolute atomic E-state index is 0.135. The number of fused-ring (bicyclic) bond motifs is 1. The Bertz CT molecular complexity index is 827. The number of nitrogens with zero attached hydrogens (tertiary/aromatic N) is 2. The molecule has 22 heavy (non-hydrogen) atoms. The van der Waals surface area contributed by atoms with E-state index in [1.54, 1.807) is 18.2 Å². The van der Waals surface area contributed by atoms with Gasteiger partial charge in [0.1, 0.15) is 0 Å². The van der Waals surface area contributed by atoms with Crippen molar-refractivity contribution >= 4 is 28.6 Å². The highest BCUT2D eigenvalue weighted by molar-refractivity contribution is 6.30. The van der Waals surface area contributed by atoms with E-state index in [-0.39, 0.29) is 11.9 Å². The van der Waals surface area contributed by atoms with Crippen molar-refractivity contribution in [2.75, 3.05) is 0 Å². The number of pyridine rings is 1. The Morgan fingerprint density at radius 3 is 2.77 bits per heavy atom. The Morgan fingerprint density at radius 1 is 1.32 bits per heavy atom. The number of benzene rings is 1. The lowest BCUT2D eigenvalue weighted by molar-refractivity contribution is 0.0939. The molecule has 1 amide bonds. The number of carbonyl (C=O) groups is 1. The fraction of sp³-hybridized carbons (Fsp3) is 0.188. The summed E-state index contributed by atoms with van der Waals surface area (Å²) in [7, 11) is 0. The number of amides is 1. The first-order chi connectivity index (χ1) is 10.5. The van der Waals surface area contributed by atoms with Crippen LogP contribution in [0.1, 0.15) is 34.6 Å². The molecular formula is C16H14ClN3O2. The zero-order chi connectivity index (χ0) is 15.7. The Labute approximate surface area is 132 Å². The Balaban J connectivity index is 1.80. The molecule has 1 aromatic carbocycles. The van der Waals surface area contributed by atoms with E-state index in [1.165, 1.54) is 6.20 Å². The molecule has 0 bridgehead atoms. The number of hydrogen-bond acceptors (Lipinski definition) is 4. The van der Waals surface area contributed by atoms with E-state index >= 15 is 0 Å². The summed E-state index contributed by atoms with van der Waals surface area (Å²) in [4.78, 5) is 16.5. The molecule has 0 aliphatic rings. The van der Waals surface area contributed by atoms with Gasteiger partial charge in [0, 0.05) is 11.2 Å². The van der Waals surface area contributed by atoms with Gasteiger partial charge in [0.25, 0.3) is 11.6 Å². The minimum Gasteiger partial charge on any atom is -0.345 e. The maximum absolute atomic E-state index is 12.3. The lowest BCUT2D eigenvalue weighted by Gasteiger charge is -2.14. The summed E-state index contributed by atoms with van der Waals surface area (Å²) in [5.41, 5.74) is 2.59. The number of hydrogen-bond donors (Lipinski definition) is 1. The maximum atomic E-state index is 12.3. The predicted molar refractivity (Wildman–Crippen MR) is 83.9 cm³/mol. The molecule has 1 unspecified atom stereocenters. The van der Waals surface area contributed by atoms with Gasteiger partial charge in [-0.05, 0) is 37.6 Å². The summed E-state index contributed by atoms with van der Waals surface area (Å²) in [6, 6.07) is 8.97. The summed E-state index contributed by atoms with van der Waals surface area (Å²) in [6.45, 7) is 3.73. The Morgan fingerprint density at radius 2 is 2.05 bits per heavy atom. The van der Waals surface area contributed by atoms with E-state index < -0.39 is 0 Å². The number of aromatic nitrogens is 2. The zero-order valence-corrected chi connectivity index (χ0v) is 12.9. The molecule has 0 aliphatic heterocycles. The molecule has 0 radical (unpaired) electrons. The molecule has 0 fully saturated rings. The highest BCUT2D eigenvalue weighted by Gasteiger charge is 2.14. The number of carbonyl (C=O) groups excluding carboxylic acids is 1. The van der Waals surface area contributed by atoms with E-state index in [9.17, 15) is 4.79 Å². The molecule has 3 rings (SSSR count). The van der Waals surface area contributed by atoms with Crippen molar-refractivity contribution in [2.45, 2.75) is 19.9 Å². The third kappa shape index (κ3) is 2.80. The molecule has 3 aromatic rings. The van der Waals surface area contributed by atoms with E-state index in [0.29, 0.717) is 22.0 Å². The summed E-state index contributed by atoms with van der Waals surface area (Å²) >= 11 is 5.87. The van der Waals surface area contributed by atoms with Gasteiger partial charge in [-0.3, -0.25) is 4.79 Å². The smallest absolute Gasteiger partial charge is 0.257 e. The molecule has 1 atom stereocenters. The molecule has 0 saturated carbocycles. The topological polar surface area (TPSA) is 68.0 Å². The lowest BCUT2D eigenvalue weighted by Crippen LogP contribution is -2.26. The van der Waals surface area contributed by atoms with Crippen LogP contribution in [0.25, 0.3) is 11.1 Å².